The molecule has 0 aliphatic heterocycles. The number of sulfonamides is 1. The molecule has 0 saturated heterocycles. The van der Waals surface area contributed by atoms with Crippen molar-refractivity contribution in [3.8, 4) is 0 Å². The molecule has 2 N–H and O–H groups in total. The van der Waals surface area contributed by atoms with Crippen LogP contribution in [0.5, 0.6) is 0 Å². The highest BCUT2D eigenvalue weighted by atomic mass is 35.5. The van der Waals surface area contributed by atoms with Crippen molar-refractivity contribution in [2.75, 3.05) is 11.9 Å². The van der Waals surface area contributed by atoms with E-state index >= 15 is 0 Å². The second-order valence-corrected chi connectivity index (χ2v) is 7.76. The highest BCUT2D eigenvalue weighted by Gasteiger charge is 2.15. The zero-order chi connectivity index (χ0) is 16.2. The second kappa shape index (κ2) is 7.23. The van der Waals surface area contributed by atoms with E-state index in [1.807, 2.05) is 17.5 Å². The lowest BCUT2D eigenvalue weighted by atomic mass is 10.3. The average molecular weight is 359 g/mol. The number of nitrogens with one attached hydrogen (secondary N) is 2. The van der Waals surface area contributed by atoms with Crippen molar-refractivity contribution >= 4 is 44.6 Å². The molecule has 0 aliphatic carbocycles. The van der Waals surface area contributed by atoms with Gasteiger partial charge in [0.05, 0.1) is 15.6 Å². The Labute approximate surface area is 138 Å². The molecule has 0 atom stereocenters. The highest BCUT2D eigenvalue weighted by molar-refractivity contribution is 7.89. The lowest BCUT2D eigenvalue weighted by molar-refractivity contribution is -0.114. The number of benzene rings is 1. The first-order valence-corrected chi connectivity index (χ1v) is 9.22. The summed E-state index contributed by atoms with van der Waals surface area (Å²) < 4.78 is 26.9. The van der Waals surface area contributed by atoms with Crippen molar-refractivity contribution in [2.45, 2.75) is 18.2 Å². The van der Waals surface area contributed by atoms with Crippen LogP contribution in [0.1, 0.15) is 11.8 Å². The Bertz CT molecular complexity index is 758. The maximum atomic E-state index is 12.2. The van der Waals surface area contributed by atoms with E-state index < -0.39 is 10.0 Å². The van der Waals surface area contributed by atoms with E-state index in [1.54, 1.807) is 11.3 Å². The first-order valence-electron chi connectivity index (χ1n) is 6.47. The fourth-order valence-electron chi connectivity index (χ4n) is 1.80. The molecule has 0 bridgehead atoms. The van der Waals surface area contributed by atoms with Gasteiger partial charge in [-0.25, -0.2) is 13.1 Å². The van der Waals surface area contributed by atoms with Gasteiger partial charge in [-0.15, -0.1) is 11.3 Å². The predicted molar refractivity (Wildman–Crippen MR) is 89.0 cm³/mol. The van der Waals surface area contributed by atoms with Crippen molar-refractivity contribution in [3.05, 3.63) is 45.6 Å². The summed E-state index contributed by atoms with van der Waals surface area (Å²) in [5.74, 6) is -0.272. The van der Waals surface area contributed by atoms with Gasteiger partial charge in [0.25, 0.3) is 0 Å². The quantitative estimate of drug-likeness (QED) is 0.833. The maximum absolute atomic E-state index is 12.2. The van der Waals surface area contributed by atoms with Crippen LogP contribution in [-0.2, 0) is 21.2 Å². The van der Waals surface area contributed by atoms with E-state index in [1.165, 1.54) is 25.1 Å². The molecule has 1 amide bonds. The zero-order valence-corrected chi connectivity index (χ0v) is 14.2. The molecular weight excluding hydrogens is 344 g/mol. The molecule has 1 aromatic heterocycles. The van der Waals surface area contributed by atoms with Crippen LogP contribution in [0.15, 0.2) is 40.6 Å². The molecule has 1 heterocycles. The standard InChI is InChI=1S/C14H15ClN2O3S2/c1-10(18)17-14-5-4-12(9-13(14)15)22(19,20)16-7-6-11-3-2-8-21-11/h2-5,8-9,16H,6-7H2,1H3,(H,17,18). The Kier molecular flexibility index (Phi) is 5.57. The fourth-order valence-corrected chi connectivity index (χ4v) is 3.86. The summed E-state index contributed by atoms with van der Waals surface area (Å²) in [6.07, 6.45) is 0.634. The SMILES string of the molecule is CC(=O)Nc1ccc(S(=O)(=O)NCCc2cccs2)cc1Cl. The van der Waals surface area contributed by atoms with E-state index in [2.05, 4.69) is 10.0 Å². The molecule has 8 heteroatoms. The summed E-state index contributed by atoms with van der Waals surface area (Å²) in [4.78, 5) is 12.2. The molecule has 22 heavy (non-hydrogen) atoms. The Morgan fingerprint density at radius 2 is 2.09 bits per heavy atom. The molecule has 0 radical (unpaired) electrons. The minimum atomic E-state index is -3.62. The topological polar surface area (TPSA) is 75.3 Å². The van der Waals surface area contributed by atoms with E-state index in [0.29, 0.717) is 18.7 Å². The molecule has 0 saturated carbocycles. The smallest absolute Gasteiger partial charge is 0.240 e. The van der Waals surface area contributed by atoms with Crippen LogP contribution in [0.3, 0.4) is 0 Å². The Morgan fingerprint density at radius 1 is 1.32 bits per heavy atom. The zero-order valence-electron chi connectivity index (χ0n) is 11.8. The first-order chi connectivity index (χ1) is 10.4. The first kappa shape index (κ1) is 17.0. The van der Waals surface area contributed by atoms with E-state index in [4.69, 9.17) is 11.6 Å². The Morgan fingerprint density at radius 3 is 2.68 bits per heavy atom. The second-order valence-electron chi connectivity index (χ2n) is 4.55. The van der Waals surface area contributed by atoms with Gasteiger partial charge in [-0.3, -0.25) is 4.79 Å². The minimum absolute atomic E-state index is 0.0674. The molecule has 2 aromatic rings. The predicted octanol–water partition coefficient (Wildman–Crippen LogP) is 2.88. The number of hydrogen-bond donors (Lipinski definition) is 2. The van der Waals surface area contributed by atoms with Crippen molar-refractivity contribution in [1.82, 2.24) is 4.72 Å². The normalized spacial score (nSPS) is 11.4. The number of carbonyl (C=O) groups excluding carboxylic acids is 1. The summed E-state index contributed by atoms with van der Waals surface area (Å²) in [6, 6.07) is 8.08. The lowest BCUT2D eigenvalue weighted by Gasteiger charge is -2.09. The number of halogens is 1. The van der Waals surface area contributed by atoms with Crippen molar-refractivity contribution in [2.24, 2.45) is 0 Å². The minimum Gasteiger partial charge on any atom is -0.325 e. The fraction of sp³-hybridized carbons (Fsp3) is 0.214. The summed E-state index contributed by atoms with van der Waals surface area (Å²) in [5.41, 5.74) is 0.381. The molecule has 0 spiro atoms. The molecule has 0 aliphatic rings. The summed E-state index contributed by atoms with van der Waals surface area (Å²) in [6.45, 7) is 1.67. The van der Waals surface area contributed by atoms with Gasteiger partial charge in [0.1, 0.15) is 0 Å². The van der Waals surface area contributed by atoms with Crippen LogP contribution in [0.25, 0.3) is 0 Å². The van der Waals surface area contributed by atoms with Crippen LogP contribution < -0.4 is 10.0 Å². The molecule has 5 nitrogen and oxygen atoms in total. The summed E-state index contributed by atoms with van der Waals surface area (Å²) in [5, 5.41) is 4.65. The molecule has 0 fully saturated rings. The molecule has 0 unspecified atom stereocenters. The van der Waals surface area contributed by atoms with Crippen LogP contribution in [0.4, 0.5) is 5.69 Å². The van der Waals surface area contributed by atoms with Gasteiger partial charge in [0.15, 0.2) is 0 Å². The van der Waals surface area contributed by atoms with Crippen LogP contribution >= 0.6 is 22.9 Å². The average Bonchev–Trinajstić information content (AvgIpc) is 2.93. The van der Waals surface area contributed by atoms with E-state index in [0.717, 1.165) is 4.88 Å². The third kappa shape index (κ3) is 4.54. The van der Waals surface area contributed by atoms with Gasteiger partial charge in [-0.1, -0.05) is 17.7 Å². The van der Waals surface area contributed by atoms with Gasteiger partial charge in [0.2, 0.25) is 15.9 Å². The van der Waals surface area contributed by atoms with Gasteiger partial charge in [0, 0.05) is 18.3 Å². The number of amides is 1. The Balaban J connectivity index is 2.05. The van der Waals surface area contributed by atoms with Crippen molar-refractivity contribution in [1.29, 1.82) is 0 Å². The maximum Gasteiger partial charge on any atom is 0.240 e. The largest absolute Gasteiger partial charge is 0.325 e. The number of carbonyl (C=O) groups is 1. The molecule has 118 valence electrons. The van der Waals surface area contributed by atoms with Crippen LogP contribution in [-0.4, -0.2) is 20.9 Å². The lowest BCUT2D eigenvalue weighted by Crippen LogP contribution is -2.25. The number of hydrogen-bond acceptors (Lipinski definition) is 4. The van der Waals surface area contributed by atoms with Gasteiger partial charge < -0.3 is 5.32 Å². The van der Waals surface area contributed by atoms with E-state index in [-0.39, 0.29) is 15.8 Å². The summed E-state index contributed by atoms with van der Waals surface area (Å²) >= 11 is 7.57. The monoisotopic (exact) mass is 358 g/mol. The third-order valence-electron chi connectivity index (χ3n) is 2.81. The van der Waals surface area contributed by atoms with Gasteiger partial charge in [-0.05, 0) is 36.1 Å². The van der Waals surface area contributed by atoms with Crippen molar-refractivity contribution < 1.29 is 13.2 Å². The molecular formula is C14H15ClN2O3S2. The third-order valence-corrected chi connectivity index (χ3v) is 5.51. The number of anilines is 1. The van der Waals surface area contributed by atoms with E-state index in [9.17, 15) is 13.2 Å². The number of thiophene rings is 1. The number of rotatable bonds is 6. The Hall–Kier alpha value is -1.41. The highest BCUT2D eigenvalue weighted by Crippen LogP contribution is 2.25. The molecule has 2 rings (SSSR count). The van der Waals surface area contributed by atoms with Gasteiger partial charge >= 0.3 is 0 Å². The van der Waals surface area contributed by atoms with Crippen molar-refractivity contribution in [3.63, 3.8) is 0 Å². The van der Waals surface area contributed by atoms with Gasteiger partial charge in [-0.2, -0.15) is 0 Å². The summed E-state index contributed by atoms with van der Waals surface area (Å²) in [7, 11) is -3.62. The van der Waals surface area contributed by atoms with Crippen LogP contribution in [0, 0.1) is 0 Å². The van der Waals surface area contributed by atoms with Crippen LogP contribution in [0.2, 0.25) is 5.02 Å². The molecule has 1 aromatic carbocycles.